The molecule has 0 saturated carbocycles. The van der Waals surface area contributed by atoms with Gasteiger partial charge in [-0.25, -0.2) is 4.79 Å². The molecule has 5 nitrogen and oxygen atoms in total. The van der Waals surface area contributed by atoms with Crippen LogP contribution in [0.3, 0.4) is 0 Å². The van der Waals surface area contributed by atoms with Crippen LogP contribution in [0.25, 0.3) is 0 Å². The van der Waals surface area contributed by atoms with E-state index >= 15 is 0 Å². The molecular formula is C8H16N2O3. The summed E-state index contributed by atoms with van der Waals surface area (Å²) in [5.41, 5.74) is 0. The monoisotopic (exact) mass is 188 g/mol. The summed E-state index contributed by atoms with van der Waals surface area (Å²) >= 11 is 0. The number of hydrogen-bond acceptors (Lipinski definition) is 3. The van der Waals surface area contributed by atoms with E-state index in [0.717, 1.165) is 0 Å². The van der Waals surface area contributed by atoms with E-state index in [0.29, 0.717) is 19.7 Å². The Balaban J connectivity index is 2.46. The summed E-state index contributed by atoms with van der Waals surface area (Å²) in [7, 11) is 3.43. The van der Waals surface area contributed by atoms with Crippen LogP contribution in [-0.4, -0.2) is 67.4 Å². The number of rotatable bonds is 1. The average molecular weight is 188 g/mol. The first-order valence-electron chi connectivity index (χ1n) is 4.34. The maximum atomic E-state index is 11.5. The molecule has 1 atom stereocenters. The molecule has 0 aliphatic carbocycles. The van der Waals surface area contributed by atoms with Crippen molar-refractivity contribution in [2.45, 2.75) is 6.10 Å². The van der Waals surface area contributed by atoms with Crippen molar-refractivity contribution < 1.29 is 14.6 Å². The van der Waals surface area contributed by atoms with Crippen molar-refractivity contribution >= 4 is 6.03 Å². The van der Waals surface area contributed by atoms with Gasteiger partial charge in [0.25, 0.3) is 0 Å². The summed E-state index contributed by atoms with van der Waals surface area (Å²) in [5, 5.41) is 8.85. The number of aliphatic hydroxyl groups is 1. The normalized spacial score (nSPS) is 23.0. The predicted octanol–water partition coefficient (Wildman–Crippen LogP) is -0.639. The van der Waals surface area contributed by atoms with Gasteiger partial charge in [0.2, 0.25) is 0 Å². The van der Waals surface area contributed by atoms with Crippen LogP contribution < -0.4 is 0 Å². The first kappa shape index (κ1) is 10.3. The fraction of sp³-hybridized carbons (Fsp3) is 0.875. The zero-order valence-electron chi connectivity index (χ0n) is 8.06. The highest BCUT2D eigenvalue weighted by atomic mass is 16.5. The summed E-state index contributed by atoms with van der Waals surface area (Å²) in [6, 6.07) is -0.0262. The van der Waals surface area contributed by atoms with Gasteiger partial charge in [-0.1, -0.05) is 0 Å². The molecular weight excluding hydrogens is 172 g/mol. The Hall–Kier alpha value is -0.810. The Morgan fingerprint density at radius 2 is 2.38 bits per heavy atom. The second-order valence-electron chi connectivity index (χ2n) is 3.30. The fourth-order valence-electron chi connectivity index (χ4n) is 1.29. The zero-order chi connectivity index (χ0) is 9.84. The number of carbonyl (C=O) groups is 1. The van der Waals surface area contributed by atoms with Gasteiger partial charge in [-0.2, -0.15) is 0 Å². The molecule has 1 heterocycles. The van der Waals surface area contributed by atoms with Gasteiger partial charge in [0, 0.05) is 20.6 Å². The van der Waals surface area contributed by atoms with Crippen LogP contribution in [0.15, 0.2) is 0 Å². The molecule has 0 bridgehead atoms. The van der Waals surface area contributed by atoms with Crippen LogP contribution in [-0.2, 0) is 4.74 Å². The molecule has 13 heavy (non-hydrogen) atoms. The topological polar surface area (TPSA) is 53.0 Å². The van der Waals surface area contributed by atoms with Crippen molar-refractivity contribution in [2.75, 3.05) is 40.4 Å². The average Bonchev–Trinajstić information content (AvgIpc) is 2.16. The van der Waals surface area contributed by atoms with Gasteiger partial charge in [-0.05, 0) is 0 Å². The van der Waals surface area contributed by atoms with Gasteiger partial charge in [0.1, 0.15) is 0 Å². The van der Waals surface area contributed by atoms with E-state index in [1.165, 1.54) is 4.90 Å². The third kappa shape index (κ3) is 2.57. The fourth-order valence-corrected chi connectivity index (χ4v) is 1.29. The number of nitrogens with zero attached hydrogens (tertiary/aromatic N) is 2. The first-order chi connectivity index (χ1) is 6.15. The number of amides is 2. The van der Waals surface area contributed by atoms with Gasteiger partial charge in [0.15, 0.2) is 0 Å². The number of carbonyl (C=O) groups excluding carboxylic acids is 1. The van der Waals surface area contributed by atoms with Crippen LogP contribution >= 0.6 is 0 Å². The van der Waals surface area contributed by atoms with Crippen LogP contribution in [0.1, 0.15) is 0 Å². The number of aliphatic hydroxyl groups excluding tert-OH is 1. The van der Waals surface area contributed by atoms with E-state index in [4.69, 9.17) is 9.84 Å². The van der Waals surface area contributed by atoms with Crippen molar-refractivity contribution in [2.24, 2.45) is 0 Å². The minimum atomic E-state index is -0.224. The molecule has 1 fully saturated rings. The molecule has 2 amide bonds. The number of urea groups is 1. The molecule has 1 unspecified atom stereocenters. The van der Waals surface area contributed by atoms with E-state index < -0.39 is 0 Å². The van der Waals surface area contributed by atoms with E-state index in [9.17, 15) is 4.79 Å². The smallest absolute Gasteiger partial charge is 0.319 e. The van der Waals surface area contributed by atoms with E-state index in [1.807, 2.05) is 0 Å². The molecule has 1 saturated heterocycles. The summed E-state index contributed by atoms with van der Waals surface area (Å²) in [6.07, 6.45) is -0.224. The highest BCUT2D eigenvalue weighted by Gasteiger charge is 2.24. The maximum absolute atomic E-state index is 11.5. The maximum Gasteiger partial charge on any atom is 0.319 e. The summed E-state index contributed by atoms with van der Waals surface area (Å²) < 4.78 is 5.22. The van der Waals surface area contributed by atoms with Crippen molar-refractivity contribution in [3.8, 4) is 0 Å². The van der Waals surface area contributed by atoms with Gasteiger partial charge in [-0.3, -0.25) is 0 Å². The molecule has 0 aromatic rings. The molecule has 76 valence electrons. The molecule has 1 aliphatic rings. The van der Waals surface area contributed by atoms with Gasteiger partial charge in [-0.15, -0.1) is 0 Å². The Labute approximate surface area is 77.9 Å². The Morgan fingerprint density at radius 1 is 1.69 bits per heavy atom. The lowest BCUT2D eigenvalue weighted by Gasteiger charge is -2.33. The lowest BCUT2D eigenvalue weighted by molar-refractivity contribution is -0.0427. The van der Waals surface area contributed by atoms with Gasteiger partial charge in [0.05, 0.1) is 25.9 Å². The van der Waals surface area contributed by atoms with Gasteiger partial charge < -0.3 is 19.6 Å². The van der Waals surface area contributed by atoms with Crippen LogP contribution in [0.2, 0.25) is 0 Å². The summed E-state index contributed by atoms with van der Waals surface area (Å²) in [4.78, 5) is 14.7. The minimum Gasteiger partial charge on any atom is -0.394 e. The molecule has 1 rings (SSSR count). The summed E-state index contributed by atoms with van der Waals surface area (Å²) in [5.74, 6) is 0. The molecule has 1 N–H and O–H groups in total. The van der Waals surface area contributed by atoms with Gasteiger partial charge >= 0.3 is 6.03 Å². The van der Waals surface area contributed by atoms with E-state index in [-0.39, 0.29) is 18.7 Å². The molecule has 0 aromatic carbocycles. The highest BCUT2D eigenvalue weighted by Crippen LogP contribution is 2.06. The highest BCUT2D eigenvalue weighted by molar-refractivity contribution is 5.73. The standard InChI is InChI=1S/C8H16N2O3/c1-9(2)8(12)10-3-4-13-7(5-10)6-11/h7,11H,3-6H2,1-2H3. The number of hydrogen-bond donors (Lipinski definition) is 1. The molecule has 0 aromatic heterocycles. The number of morpholine rings is 1. The molecule has 0 radical (unpaired) electrons. The molecule has 0 spiro atoms. The van der Waals surface area contributed by atoms with E-state index in [1.54, 1.807) is 19.0 Å². The third-order valence-electron chi connectivity index (χ3n) is 2.00. The Kier molecular flexibility index (Phi) is 3.50. The lowest BCUT2D eigenvalue weighted by atomic mass is 10.3. The Bertz CT molecular complexity index is 184. The van der Waals surface area contributed by atoms with Crippen molar-refractivity contribution in [1.82, 2.24) is 9.80 Å². The predicted molar refractivity (Wildman–Crippen MR) is 47.5 cm³/mol. The van der Waals surface area contributed by atoms with Crippen LogP contribution in [0.5, 0.6) is 0 Å². The van der Waals surface area contributed by atoms with Crippen molar-refractivity contribution in [3.05, 3.63) is 0 Å². The van der Waals surface area contributed by atoms with Crippen molar-refractivity contribution in [1.29, 1.82) is 0 Å². The molecule has 1 aliphatic heterocycles. The minimum absolute atomic E-state index is 0.0262. The SMILES string of the molecule is CN(C)C(=O)N1CCOC(CO)C1. The zero-order valence-corrected chi connectivity index (χ0v) is 8.06. The van der Waals surface area contributed by atoms with E-state index in [2.05, 4.69) is 0 Å². The van der Waals surface area contributed by atoms with Crippen LogP contribution in [0.4, 0.5) is 4.79 Å². The second kappa shape index (κ2) is 4.43. The lowest BCUT2D eigenvalue weighted by Crippen LogP contribution is -2.50. The third-order valence-corrected chi connectivity index (χ3v) is 2.00. The first-order valence-corrected chi connectivity index (χ1v) is 4.34. The van der Waals surface area contributed by atoms with Crippen molar-refractivity contribution in [3.63, 3.8) is 0 Å². The summed E-state index contributed by atoms with van der Waals surface area (Å²) in [6.45, 7) is 1.56. The molecule has 5 heteroatoms. The second-order valence-corrected chi connectivity index (χ2v) is 3.30. The quantitative estimate of drug-likeness (QED) is 0.595. The Morgan fingerprint density at radius 3 is 2.92 bits per heavy atom. The number of ether oxygens (including phenoxy) is 1. The van der Waals surface area contributed by atoms with Crippen LogP contribution in [0, 0.1) is 0 Å². The largest absolute Gasteiger partial charge is 0.394 e.